The van der Waals surface area contributed by atoms with E-state index in [0.29, 0.717) is 13.2 Å². The Morgan fingerprint density at radius 3 is 3.00 bits per heavy atom. The standard InChI is InChI=1S/C15H20N2OS/c1-2-4-15-17-13(11-19-15)10-18-14-6-3-5-12(9-14)7-8-16/h3,5-6,9,11H,2,4,7-8,10,16H2,1H3. The third kappa shape index (κ3) is 4.33. The van der Waals surface area contributed by atoms with Gasteiger partial charge in [-0.25, -0.2) is 4.98 Å². The maximum absolute atomic E-state index is 5.77. The van der Waals surface area contributed by atoms with Crippen LogP contribution in [0.4, 0.5) is 0 Å². The number of ether oxygens (including phenoxy) is 1. The summed E-state index contributed by atoms with van der Waals surface area (Å²) in [5.74, 6) is 0.885. The predicted octanol–water partition coefficient (Wildman–Crippen LogP) is 3.18. The average molecular weight is 276 g/mol. The van der Waals surface area contributed by atoms with Gasteiger partial charge >= 0.3 is 0 Å². The van der Waals surface area contributed by atoms with E-state index in [1.807, 2.05) is 18.2 Å². The predicted molar refractivity (Wildman–Crippen MR) is 79.6 cm³/mol. The molecule has 19 heavy (non-hydrogen) atoms. The number of hydrogen-bond donors (Lipinski definition) is 1. The minimum absolute atomic E-state index is 0.534. The van der Waals surface area contributed by atoms with Gasteiger partial charge in [0.1, 0.15) is 12.4 Å². The van der Waals surface area contributed by atoms with E-state index in [0.717, 1.165) is 30.7 Å². The number of rotatable bonds is 7. The number of nitrogens with two attached hydrogens (primary N) is 1. The van der Waals surface area contributed by atoms with Gasteiger partial charge < -0.3 is 10.5 Å². The fourth-order valence-corrected chi connectivity index (χ4v) is 2.74. The SMILES string of the molecule is CCCc1nc(COc2cccc(CCN)c2)cs1. The second kappa shape index (κ2) is 7.26. The van der Waals surface area contributed by atoms with Crippen LogP contribution >= 0.6 is 11.3 Å². The second-order valence-electron chi connectivity index (χ2n) is 4.46. The van der Waals surface area contributed by atoms with Crippen LogP contribution in [0.25, 0.3) is 0 Å². The van der Waals surface area contributed by atoms with E-state index in [1.54, 1.807) is 11.3 Å². The summed E-state index contributed by atoms with van der Waals surface area (Å²) in [4.78, 5) is 4.55. The van der Waals surface area contributed by atoms with Gasteiger partial charge in [-0.05, 0) is 43.5 Å². The van der Waals surface area contributed by atoms with Crippen molar-refractivity contribution in [3.8, 4) is 5.75 Å². The Morgan fingerprint density at radius 2 is 2.21 bits per heavy atom. The van der Waals surface area contributed by atoms with Crippen molar-refractivity contribution in [2.45, 2.75) is 32.8 Å². The summed E-state index contributed by atoms with van der Waals surface area (Å²) >= 11 is 1.71. The van der Waals surface area contributed by atoms with Crippen molar-refractivity contribution in [1.29, 1.82) is 0 Å². The first-order valence-corrected chi connectivity index (χ1v) is 7.55. The molecule has 4 heteroatoms. The normalized spacial score (nSPS) is 10.6. The molecule has 0 atom stereocenters. The van der Waals surface area contributed by atoms with E-state index < -0.39 is 0 Å². The van der Waals surface area contributed by atoms with E-state index >= 15 is 0 Å². The van der Waals surface area contributed by atoms with Gasteiger partial charge in [-0.1, -0.05) is 19.1 Å². The van der Waals surface area contributed by atoms with Gasteiger partial charge in [-0.2, -0.15) is 0 Å². The first-order chi connectivity index (χ1) is 9.31. The lowest BCUT2D eigenvalue weighted by molar-refractivity contribution is 0.301. The van der Waals surface area contributed by atoms with Crippen molar-refractivity contribution in [3.63, 3.8) is 0 Å². The van der Waals surface area contributed by atoms with Crippen LogP contribution < -0.4 is 10.5 Å². The molecule has 1 aromatic heterocycles. The molecule has 0 aliphatic rings. The zero-order valence-corrected chi connectivity index (χ0v) is 12.1. The lowest BCUT2D eigenvalue weighted by Crippen LogP contribution is -2.03. The molecule has 0 aliphatic carbocycles. The Labute approximate surface area is 118 Å². The molecule has 0 unspecified atom stereocenters. The average Bonchev–Trinajstić information content (AvgIpc) is 2.86. The molecule has 0 fully saturated rings. The topological polar surface area (TPSA) is 48.1 Å². The van der Waals surface area contributed by atoms with Gasteiger partial charge in [0.05, 0.1) is 10.7 Å². The zero-order valence-electron chi connectivity index (χ0n) is 11.3. The van der Waals surface area contributed by atoms with E-state index in [2.05, 4.69) is 23.4 Å². The van der Waals surface area contributed by atoms with Crippen molar-refractivity contribution in [2.24, 2.45) is 5.73 Å². The Morgan fingerprint density at radius 1 is 1.32 bits per heavy atom. The van der Waals surface area contributed by atoms with Crippen LogP contribution in [-0.4, -0.2) is 11.5 Å². The van der Waals surface area contributed by atoms with Crippen LogP contribution in [0.15, 0.2) is 29.6 Å². The maximum atomic E-state index is 5.77. The highest BCUT2D eigenvalue weighted by Crippen LogP contribution is 2.17. The number of benzene rings is 1. The molecular weight excluding hydrogens is 256 g/mol. The van der Waals surface area contributed by atoms with Gasteiger partial charge in [-0.15, -0.1) is 11.3 Å². The summed E-state index contributed by atoms with van der Waals surface area (Å²) in [6.45, 7) is 3.36. The molecule has 3 nitrogen and oxygen atoms in total. The first kappa shape index (κ1) is 14.0. The maximum Gasteiger partial charge on any atom is 0.131 e. The van der Waals surface area contributed by atoms with E-state index in [4.69, 9.17) is 10.5 Å². The molecule has 2 rings (SSSR count). The van der Waals surface area contributed by atoms with Crippen molar-refractivity contribution in [3.05, 3.63) is 45.9 Å². The molecular formula is C15H20N2OS. The van der Waals surface area contributed by atoms with Crippen LogP contribution in [0, 0.1) is 0 Å². The van der Waals surface area contributed by atoms with Gasteiger partial charge in [0.15, 0.2) is 0 Å². The Hall–Kier alpha value is -1.39. The minimum atomic E-state index is 0.534. The summed E-state index contributed by atoms with van der Waals surface area (Å²) in [5, 5.41) is 3.27. The van der Waals surface area contributed by atoms with Crippen LogP contribution in [0.3, 0.4) is 0 Å². The fourth-order valence-electron chi connectivity index (χ4n) is 1.86. The third-order valence-electron chi connectivity index (χ3n) is 2.78. The van der Waals surface area contributed by atoms with Gasteiger partial charge in [0.25, 0.3) is 0 Å². The molecule has 0 saturated carbocycles. The van der Waals surface area contributed by atoms with Gasteiger partial charge in [0, 0.05) is 5.38 Å². The van der Waals surface area contributed by atoms with E-state index in [9.17, 15) is 0 Å². The quantitative estimate of drug-likeness (QED) is 0.845. The number of nitrogens with zero attached hydrogens (tertiary/aromatic N) is 1. The Kier molecular flexibility index (Phi) is 5.36. The van der Waals surface area contributed by atoms with Crippen LogP contribution in [0.1, 0.15) is 29.6 Å². The van der Waals surface area contributed by atoms with Crippen molar-refractivity contribution >= 4 is 11.3 Å². The number of aryl methyl sites for hydroxylation is 1. The van der Waals surface area contributed by atoms with E-state index in [1.165, 1.54) is 10.6 Å². The molecule has 2 N–H and O–H groups in total. The summed E-state index contributed by atoms with van der Waals surface area (Å²) in [6.07, 6.45) is 3.07. The molecule has 0 bridgehead atoms. The highest BCUT2D eigenvalue weighted by Gasteiger charge is 2.03. The smallest absolute Gasteiger partial charge is 0.131 e. The largest absolute Gasteiger partial charge is 0.487 e. The lowest BCUT2D eigenvalue weighted by Gasteiger charge is -2.06. The summed E-state index contributed by atoms with van der Waals surface area (Å²) in [6, 6.07) is 8.09. The molecule has 0 radical (unpaired) electrons. The van der Waals surface area contributed by atoms with Gasteiger partial charge in [0.2, 0.25) is 0 Å². The molecule has 102 valence electrons. The van der Waals surface area contributed by atoms with E-state index in [-0.39, 0.29) is 0 Å². The third-order valence-corrected chi connectivity index (χ3v) is 3.74. The summed E-state index contributed by atoms with van der Waals surface area (Å²) in [5.41, 5.74) is 7.78. The Bertz CT molecular complexity index is 510. The zero-order chi connectivity index (χ0) is 13.5. The highest BCUT2D eigenvalue weighted by atomic mass is 32.1. The molecule has 0 saturated heterocycles. The fraction of sp³-hybridized carbons (Fsp3) is 0.400. The molecule has 0 spiro atoms. The molecule has 0 amide bonds. The van der Waals surface area contributed by atoms with Crippen molar-refractivity contribution in [2.75, 3.05) is 6.54 Å². The Balaban J connectivity index is 1.91. The summed E-state index contributed by atoms with van der Waals surface area (Å²) < 4.78 is 5.77. The minimum Gasteiger partial charge on any atom is -0.487 e. The summed E-state index contributed by atoms with van der Waals surface area (Å²) in [7, 11) is 0. The lowest BCUT2D eigenvalue weighted by atomic mass is 10.1. The molecule has 1 heterocycles. The van der Waals surface area contributed by atoms with Crippen LogP contribution in [0.2, 0.25) is 0 Å². The van der Waals surface area contributed by atoms with Crippen molar-refractivity contribution < 1.29 is 4.74 Å². The van der Waals surface area contributed by atoms with Crippen molar-refractivity contribution in [1.82, 2.24) is 4.98 Å². The van der Waals surface area contributed by atoms with Gasteiger partial charge in [-0.3, -0.25) is 0 Å². The highest BCUT2D eigenvalue weighted by molar-refractivity contribution is 7.09. The first-order valence-electron chi connectivity index (χ1n) is 6.67. The molecule has 1 aromatic carbocycles. The number of aromatic nitrogens is 1. The van der Waals surface area contributed by atoms with Crippen LogP contribution in [-0.2, 0) is 19.4 Å². The number of thiazole rings is 1. The molecule has 0 aliphatic heterocycles. The molecule has 2 aromatic rings. The second-order valence-corrected chi connectivity index (χ2v) is 5.40. The van der Waals surface area contributed by atoms with Crippen LogP contribution in [0.5, 0.6) is 5.75 Å². The monoisotopic (exact) mass is 276 g/mol. The number of hydrogen-bond acceptors (Lipinski definition) is 4.